The van der Waals surface area contributed by atoms with Crippen LogP contribution in [0.15, 0.2) is 0 Å². The van der Waals surface area contributed by atoms with E-state index in [1.165, 1.54) is 19.3 Å². The minimum absolute atomic E-state index is 0. The lowest BCUT2D eigenvalue weighted by Crippen LogP contribution is -2.47. The normalized spacial score (nSPS) is 16.0. The van der Waals surface area contributed by atoms with Gasteiger partial charge in [0.1, 0.15) is 0 Å². The summed E-state index contributed by atoms with van der Waals surface area (Å²) in [6, 6.07) is -0.340. The quantitative estimate of drug-likeness (QED) is 0.502. The topological polar surface area (TPSA) is 113 Å². The van der Waals surface area contributed by atoms with E-state index in [0.29, 0.717) is 0 Å². The predicted octanol–water partition coefficient (Wildman–Crippen LogP) is 0.463. The van der Waals surface area contributed by atoms with E-state index in [1.54, 1.807) is 0 Å². The van der Waals surface area contributed by atoms with Crippen molar-refractivity contribution < 1.29 is 14.4 Å². The second-order valence-electron chi connectivity index (χ2n) is 6.49. The third-order valence-electron chi connectivity index (χ3n) is 4.09. The highest BCUT2D eigenvalue weighted by Crippen LogP contribution is 2.17. The number of carbonyl (C=O) groups is 3. The number of rotatable bonds is 8. The van der Waals surface area contributed by atoms with Gasteiger partial charge in [0.25, 0.3) is 0 Å². The number of nitrogens with two attached hydrogens (primary N) is 1. The SMILES string of the molecule is CC(C)[C@H](N)C(=O)NCC(=O)NCCC(=O)NC1CCCCC1.Cl. The van der Waals surface area contributed by atoms with Crippen LogP contribution in [-0.2, 0) is 14.4 Å². The summed E-state index contributed by atoms with van der Waals surface area (Å²) in [7, 11) is 0. The van der Waals surface area contributed by atoms with E-state index in [9.17, 15) is 14.4 Å². The third-order valence-corrected chi connectivity index (χ3v) is 4.09. The Hall–Kier alpha value is -1.34. The maximum atomic E-state index is 11.8. The van der Waals surface area contributed by atoms with Gasteiger partial charge in [-0.25, -0.2) is 0 Å². The van der Waals surface area contributed by atoms with Crippen molar-refractivity contribution in [3.05, 3.63) is 0 Å². The van der Waals surface area contributed by atoms with Gasteiger partial charge in [-0.3, -0.25) is 14.4 Å². The molecule has 0 radical (unpaired) electrons. The van der Waals surface area contributed by atoms with E-state index in [2.05, 4.69) is 16.0 Å². The molecule has 0 aliphatic heterocycles. The fraction of sp³-hybridized carbons (Fsp3) is 0.812. The van der Waals surface area contributed by atoms with Crippen molar-refractivity contribution in [1.82, 2.24) is 16.0 Å². The first-order chi connectivity index (χ1) is 10.9. The Kier molecular flexibility index (Phi) is 11.4. The van der Waals surface area contributed by atoms with Crippen LogP contribution in [0.1, 0.15) is 52.4 Å². The van der Waals surface area contributed by atoms with Gasteiger partial charge in [0.2, 0.25) is 17.7 Å². The number of hydrogen-bond donors (Lipinski definition) is 4. The molecule has 0 aromatic rings. The number of hydrogen-bond acceptors (Lipinski definition) is 4. The van der Waals surface area contributed by atoms with Crippen molar-refractivity contribution in [2.24, 2.45) is 11.7 Å². The van der Waals surface area contributed by atoms with Crippen LogP contribution in [0.2, 0.25) is 0 Å². The molecule has 24 heavy (non-hydrogen) atoms. The molecular formula is C16H31ClN4O3. The van der Waals surface area contributed by atoms with Gasteiger partial charge >= 0.3 is 0 Å². The number of nitrogens with one attached hydrogen (secondary N) is 3. The molecule has 1 atom stereocenters. The zero-order chi connectivity index (χ0) is 17.2. The van der Waals surface area contributed by atoms with Crippen molar-refractivity contribution in [2.45, 2.75) is 64.5 Å². The molecular weight excluding hydrogens is 332 g/mol. The molecule has 8 heteroatoms. The van der Waals surface area contributed by atoms with E-state index >= 15 is 0 Å². The standard InChI is InChI=1S/C16H30N4O3.ClH/c1-11(2)15(17)16(23)19-10-14(22)18-9-8-13(21)20-12-6-4-3-5-7-12;/h11-12,15H,3-10,17H2,1-2H3,(H,18,22)(H,19,23)(H,20,21);1H/t15-;/m0./s1. The Labute approximate surface area is 150 Å². The number of halogens is 1. The zero-order valence-corrected chi connectivity index (χ0v) is 15.4. The Balaban J connectivity index is 0.00000529. The Morgan fingerprint density at radius 3 is 2.25 bits per heavy atom. The highest BCUT2D eigenvalue weighted by Gasteiger charge is 2.18. The molecule has 5 N–H and O–H groups in total. The molecule has 1 rings (SSSR count). The van der Waals surface area contributed by atoms with Crippen LogP contribution in [0.4, 0.5) is 0 Å². The molecule has 0 aromatic carbocycles. The van der Waals surface area contributed by atoms with Crippen LogP contribution in [0.3, 0.4) is 0 Å². The predicted molar refractivity (Wildman–Crippen MR) is 95.7 cm³/mol. The summed E-state index contributed by atoms with van der Waals surface area (Å²) in [4.78, 5) is 35.0. The molecule has 1 fully saturated rings. The monoisotopic (exact) mass is 362 g/mol. The summed E-state index contributed by atoms with van der Waals surface area (Å²) in [5.41, 5.74) is 5.68. The van der Waals surface area contributed by atoms with Crippen LogP contribution in [0.25, 0.3) is 0 Å². The summed E-state index contributed by atoms with van der Waals surface area (Å²) in [6.45, 7) is 3.83. The first-order valence-corrected chi connectivity index (χ1v) is 8.49. The maximum Gasteiger partial charge on any atom is 0.239 e. The van der Waals surface area contributed by atoms with E-state index in [-0.39, 0.29) is 61.6 Å². The maximum absolute atomic E-state index is 11.8. The minimum Gasteiger partial charge on any atom is -0.354 e. The molecule has 0 unspecified atom stereocenters. The molecule has 1 aliphatic rings. The molecule has 0 bridgehead atoms. The second kappa shape index (κ2) is 12.1. The zero-order valence-electron chi connectivity index (χ0n) is 14.6. The molecule has 0 heterocycles. The van der Waals surface area contributed by atoms with E-state index in [1.807, 2.05) is 13.8 Å². The molecule has 3 amide bonds. The van der Waals surface area contributed by atoms with Gasteiger partial charge in [-0.15, -0.1) is 12.4 Å². The summed E-state index contributed by atoms with van der Waals surface area (Å²) >= 11 is 0. The van der Waals surface area contributed by atoms with Gasteiger partial charge in [0, 0.05) is 19.0 Å². The lowest BCUT2D eigenvalue weighted by Gasteiger charge is -2.22. The number of amides is 3. The van der Waals surface area contributed by atoms with E-state index < -0.39 is 6.04 Å². The van der Waals surface area contributed by atoms with Gasteiger partial charge in [0.05, 0.1) is 12.6 Å². The summed E-state index contributed by atoms with van der Waals surface area (Å²) in [5.74, 6) is -0.686. The minimum atomic E-state index is -0.621. The highest BCUT2D eigenvalue weighted by atomic mass is 35.5. The first kappa shape index (κ1) is 22.7. The molecule has 140 valence electrons. The van der Waals surface area contributed by atoms with Crippen LogP contribution < -0.4 is 21.7 Å². The Morgan fingerprint density at radius 2 is 1.67 bits per heavy atom. The fourth-order valence-corrected chi connectivity index (χ4v) is 2.51. The largest absolute Gasteiger partial charge is 0.354 e. The lowest BCUT2D eigenvalue weighted by molar-refractivity contribution is -0.127. The number of carbonyl (C=O) groups excluding carboxylic acids is 3. The smallest absolute Gasteiger partial charge is 0.239 e. The molecule has 1 saturated carbocycles. The van der Waals surface area contributed by atoms with E-state index in [0.717, 1.165) is 12.8 Å². The van der Waals surface area contributed by atoms with Crippen molar-refractivity contribution >= 4 is 30.1 Å². The van der Waals surface area contributed by atoms with Gasteiger partial charge in [-0.2, -0.15) is 0 Å². The van der Waals surface area contributed by atoms with Crippen molar-refractivity contribution in [3.8, 4) is 0 Å². The third kappa shape index (κ3) is 9.08. The molecule has 7 nitrogen and oxygen atoms in total. The molecule has 0 saturated heterocycles. The van der Waals surface area contributed by atoms with E-state index in [4.69, 9.17) is 5.73 Å². The lowest BCUT2D eigenvalue weighted by atomic mass is 9.95. The highest BCUT2D eigenvalue weighted by molar-refractivity contribution is 5.87. The summed E-state index contributed by atoms with van der Waals surface area (Å²) in [5, 5.41) is 8.10. The second-order valence-corrected chi connectivity index (χ2v) is 6.49. The molecule has 1 aliphatic carbocycles. The summed E-state index contributed by atoms with van der Waals surface area (Å²) in [6.07, 6.45) is 5.91. The van der Waals surface area contributed by atoms with Crippen molar-refractivity contribution in [1.29, 1.82) is 0 Å². The van der Waals surface area contributed by atoms with Crippen LogP contribution >= 0.6 is 12.4 Å². The van der Waals surface area contributed by atoms with Crippen LogP contribution in [-0.4, -0.2) is 42.9 Å². The average molecular weight is 363 g/mol. The van der Waals surface area contributed by atoms with Crippen molar-refractivity contribution in [2.75, 3.05) is 13.1 Å². The van der Waals surface area contributed by atoms with Gasteiger partial charge in [0.15, 0.2) is 0 Å². The van der Waals surface area contributed by atoms with Gasteiger partial charge < -0.3 is 21.7 Å². The van der Waals surface area contributed by atoms with Crippen LogP contribution in [0, 0.1) is 5.92 Å². The molecule has 0 aromatic heterocycles. The first-order valence-electron chi connectivity index (χ1n) is 8.49. The fourth-order valence-electron chi connectivity index (χ4n) is 2.51. The average Bonchev–Trinajstić information content (AvgIpc) is 2.52. The molecule has 0 spiro atoms. The summed E-state index contributed by atoms with van der Waals surface area (Å²) < 4.78 is 0. The van der Waals surface area contributed by atoms with Crippen molar-refractivity contribution in [3.63, 3.8) is 0 Å². The Morgan fingerprint density at radius 1 is 1.04 bits per heavy atom. The van der Waals surface area contributed by atoms with Crippen LogP contribution in [0.5, 0.6) is 0 Å². The van der Waals surface area contributed by atoms with Gasteiger partial charge in [-0.1, -0.05) is 33.1 Å². The Bertz CT molecular complexity index is 412. The van der Waals surface area contributed by atoms with Gasteiger partial charge in [-0.05, 0) is 18.8 Å².